The van der Waals surface area contributed by atoms with Crippen molar-refractivity contribution in [3.8, 4) is 11.8 Å². The summed E-state index contributed by atoms with van der Waals surface area (Å²) in [7, 11) is 0. The molecule has 0 bridgehead atoms. The highest BCUT2D eigenvalue weighted by Gasteiger charge is 2.27. The number of carbonyl (C=O) groups excluding carboxylic acids is 1. The van der Waals surface area contributed by atoms with Crippen molar-refractivity contribution >= 4 is 35.7 Å². The van der Waals surface area contributed by atoms with Gasteiger partial charge in [-0.2, -0.15) is 10.4 Å². The van der Waals surface area contributed by atoms with E-state index in [1.165, 1.54) is 0 Å². The van der Waals surface area contributed by atoms with E-state index in [0.29, 0.717) is 55.1 Å². The smallest absolute Gasteiger partial charge is 0.242 e. The van der Waals surface area contributed by atoms with Crippen LogP contribution in [-0.2, 0) is 17.9 Å². The van der Waals surface area contributed by atoms with Gasteiger partial charge in [-0.1, -0.05) is 37.6 Å². The van der Waals surface area contributed by atoms with Crippen LogP contribution in [0.3, 0.4) is 0 Å². The first kappa shape index (κ1) is 27.5. The normalized spacial score (nSPS) is 14.0. The summed E-state index contributed by atoms with van der Waals surface area (Å²) >= 11 is 6.26. The van der Waals surface area contributed by atoms with Crippen LogP contribution in [0.5, 0.6) is 5.75 Å². The van der Waals surface area contributed by atoms with Crippen molar-refractivity contribution in [3.63, 3.8) is 0 Å². The molecule has 3 aromatic rings. The van der Waals surface area contributed by atoms with Gasteiger partial charge in [-0.25, -0.2) is 0 Å². The summed E-state index contributed by atoms with van der Waals surface area (Å²) in [4.78, 5) is 16.8. The topological polar surface area (TPSA) is 74.4 Å². The minimum absolute atomic E-state index is 0. The second-order valence-electron chi connectivity index (χ2n) is 9.33. The van der Waals surface area contributed by atoms with Crippen LogP contribution in [0.2, 0.25) is 5.02 Å². The molecule has 0 N–H and O–H groups in total. The molecule has 0 aliphatic carbocycles. The van der Waals surface area contributed by atoms with Crippen LogP contribution in [0, 0.1) is 24.2 Å². The molecule has 190 valence electrons. The molecular weight excluding hydrogens is 497 g/mol. The molecular formula is C27H31Cl2N5O2. The lowest BCUT2D eigenvalue weighted by molar-refractivity contribution is -0.121. The lowest BCUT2D eigenvalue weighted by Gasteiger charge is -2.33. The van der Waals surface area contributed by atoms with Gasteiger partial charge in [-0.05, 0) is 48.7 Å². The highest BCUT2D eigenvalue weighted by molar-refractivity contribution is 6.30. The molecule has 0 spiro atoms. The van der Waals surface area contributed by atoms with Gasteiger partial charge in [-0.15, -0.1) is 12.4 Å². The Kier molecular flexibility index (Phi) is 9.38. The van der Waals surface area contributed by atoms with Gasteiger partial charge in [0.25, 0.3) is 0 Å². The lowest BCUT2D eigenvalue weighted by Crippen LogP contribution is -2.50. The van der Waals surface area contributed by atoms with Crippen LogP contribution in [0.15, 0.2) is 48.5 Å². The highest BCUT2D eigenvalue weighted by atomic mass is 35.5. The number of benzene rings is 2. The fraction of sp³-hybridized carbons (Fsp3) is 0.370. The standard InChI is InChI=1S/C27H30ClN5O2.ClH/c1-19(2)18-35-25-8-7-24(28)13-23(25)16-33-20(3)11-26(30-33)32-10-9-31(17-27(32)34)15-22-6-4-5-21(12-22)14-29;/h4-8,11-13,19H,9-10,15-18H2,1-3H3;1H. The number of piperazine rings is 1. The van der Waals surface area contributed by atoms with Crippen molar-refractivity contribution in [2.45, 2.75) is 33.9 Å². The molecule has 0 saturated carbocycles. The summed E-state index contributed by atoms with van der Waals surface area (Å²) < 4.78 is 7.88. The maximum atomic E-state index is 13.0. The predicted molar refractivity (Wildman–Crippen MR) is 144 cm³/mol. The molecule has 1 aromatic heterocycles. The SMILES string of the molecule is Cc1cc(N2CCN(Cc3cccc(C#N)c3)CC2=O)nn1Cc1cc(Cl)ccc1OCC(C)C.Cl. The minimum Gasteiger partial charge on any atom is -0.493 e. The zero-order chi connectivity index (χ0) is 24.9. The lowest BCUT2D eigenvalue weighted by atomic mass is 10.1. The Bertz CT molecular complexity index is 1250. The molecule has 1 aliphatic heterocycles. The number of nitrogens with zero attached hydrogens (tertiary/aromatic N) is 5. The average molecular weight is 528 g/mol. The van der Waals surface area contributed by atoms with Crippen molar-refractivity contribution in [2.24, 2.45) is 5.92 Å². The number of hydrogen-bond acceptors (Lipinski definition) is 5. The molecule has 2 aromatic carbocycles. The largest absolute Gasteiger partial charge is 0.493 e. The number of hydrogen-bond donors (Lipinski definition) is 0. The van der Waals surface area contributed by atoms with Crippen molar-refractivity contribution in [1.29, 1.82) is 5.26 Å². The summed E-state index contributed by atoms with van der Waals surface area (Å²) in [5.41, 5.74) is 3.57. The van der Waals surface area contributed by atoms with E-state index >= 15 is 0 Å². The Hall–Kier alpha value is -3.05. The van der Waals surface area contributed by atoms with E-state index in [9.17, 15) is 4.79 Å². The molecule has 9 heteroatoms. The average Bonchev–Trinajstić information content (AvgIpc) is 3.18. The fourth-order valence-corrected chi connectivity index (χ4v) is 4.31. The second-order valence-corrected chi connectivity index (χ2v) is 9.76. The van der Waals surface area contributed by atoms with Gasteiger partial charge in [0, 0.05) is 42.0 Å². The van der Waals surface area contributed by atoms with Gasteiger partial charge in [0.2, 0.25) is 5.91 Å². The first-order valence-corrected chi connectivity index (χ1v) is 12.2. The Morgan fingerprint density at radius 3 is 2.67 bits per heavy atom. The number of anilines is 1. The van der Waals surface area contributed by atoms with Gasteiger partial charge in [0.15, 0.2) is 5.82 Å². The summed E-state index contributed by atoms with van der Waals surface area (Å²) in [6.45, 7) is 9.57. The molecule has 0 unspecified atom stereocenters. The molecule has 7 nitrogen and oxygen atoms in total. The van der Waals surface area contributed by atoms with Crippen LogP contribution in [-0.4, -0.2) is 46.8 Å². The second kappa shape index (κ2) is 12.3. The number of aromatic nitrogens is 2. The quantitative estimate of drug-likeness (QED) is 0.408. The van der Waals surface area contributed by atoms with Gasteiger partial charge in [0.05, 0.1) is 31.3 Å². The molecule has 1 saturated heterocycles. The van der Waals surface area contributed by atoms with E-state index in [4.69, 9.17) is 26.7 Å². The number of ether oxygens (including phenoxy) is 1. The van der Waals surface area contributed by atoms with Crippen LogP contribution < -0.4 is 9.64 Å². The number of halogens is 2. The van der Waals surface area contributed by atoms with Crippen LogP contribution in [0.25, 0.3) is 0 Å². The molecule has 1 aliphatic rings. The van der Waals surface area contributed by atoms with E-state index in [1.807, 2.05) is 54.1 Å². The summed E-state index contributed by atoms with van der Waals surface area (Å²) in [6.07, 6.45) is 0. The van der Waals surface area contributed by atoms with Crippen molar-refractivity contribution < 1.29 is 9.53 Å². The number of rotatable bonds is 8. The molecule has 1 fully saturated rings. The molecule has 1 amide bonds. The van der Waals surface area contributed by atoms with Crippen LogP contribution in [0.1, 0.15) is 36.2 Å². The van der Waals surface area contributed by atoms with E-state index in [0.717, 1.165) is 29.1 Å². The van der Waals surface area contributed by atoms with Crippen LogP contribution in [0.4, 0.5) is 5.82 Å². The number of aryl methyl sites for hydroxylation is 1. The third-order valence-electron chi connectivity index (χ3n) is 5.92. The van der Waals surface area contributed by atoms with Gasteiger partial charge in [-0.3, -0.25) is 19.3 Å². The van der Waals surface area contributed by atoms with E-state index < -0.39 is 0 Å². The molecule has 36 heavy (non-hydrogen) atoms. The maximum Gasteiger partial charge on any atom is 0.242 e. The highest BCUT2D eigenvalue weighted by Crippen LogP contribution is 2.26. The maximum absolute atomic E-state index is 13.0. The third-order valence-corrected chi connectivity index (χ3v) is 6.16. The van der Waals surface area contributed by atoms with Crippen molar-refractivity contribution in [2.75, 3.05) is 31.1 Å². The molecule has 2 heterocycles. The first-order valence-electron chi connectivity index (χ1n) is 11.8. The molecule has 0 atom stereocenters. The fourth-order valence-electron chi connectivity index (χ4n) is 4.11. The van der Waals surface area contributed by atoms with Gasteiger partial charge >= 0.3 is 0 Å². The number of nitriles is 1. The Balaban J connectivity index is 0.00000361. The van der Waals surface area contributed by atoms with E-state index in [-0.39, 0.29) is 18.3 Å². The summed E-state index contributed by atoms with van der Waals surface area (Å²) in [6, 6.07) is 17.3. The zero-order valence-electron chi connectivity index (χ0n) is 20.8. The first-order chi connectivity index (χ1) is 16.8. The Morgan fingerprint density at radius 1 is 1.14 bits per heavy atom. The zero-order valence-corrected chi connectivity index (χ0v) is 22.3. The molecule has 0 radical (unpaired) electrons. The van der Waals surface area contributed by atoms with Gasteiger partial charge in [0.1, 0.15) is 5.75 Å². The third kappa shape index (κ3) is 6.79. The molecule has 4 rings (SSSR count). The van der Waals surface area contributed by atoms with Crippen LogP contribution >= 0.6 is 24.0 Å². The monoisotopic (exact) mass is 527 g/mol. The number of amides is 1. The summed E-state index contributed by atoms with van der Waals surface area (Å²) in [5, 5.41) is 14.5. The van der Waals surface area contributed by atoms with Crippen molar-refractivity contribution in [3.05, 3.63) is 75.9 Å². The summed E-state index contributed by atoms with van der Waals surface area (Å²) in [5.74, 6) is 1.88. The van der Waals surface area contributed by atoms with Crippen molar-refractivity contribution in [1.82, 2.24) is 14.7 Å². The Morgan fingerprint density at radius 2 is 1.94 bits per heavy atom. The predicted octanol–water partition coefficient (Wildman–Crippen LogP) is 5.07. The van der Waals surface area contributed by atoms with Gasteiger partial charge < -0.3 is 4.74 Å². The number of carbonyl (C=O) groups is 1. The minimum atomic E-state index is 0. The Labute approximate surface area is 223 Å². The van der Waals surface area contributed by atoms with E-state index in [1.54, 1.807) is 11.0 Å². The van der Waals surface area contributed by atoms with E-state index in [2.05, 4.69) is 24.8 Å².